The summed E-state index contributed by atoms with van der Waals surface area (Å²) in [5.41, 5.74) is 2.00. The first-order chi connectivity index (χ1) is 15.9. The van der Waals surface area contributed by atoms with E-state index in [1.165, 1.54) is 0 Å². The monoisotopic (exact) mass is 452 g/mol. The molecule has 0 saturated carbocycles. The van der Waals surface area contributed by atoms with E-state index in [-0.39, 0.29) is 17.7 Å². The molecule has 6 nitrogen and oxygen atoms in total. The molecule has 1 aliphatic rings. The van der Waals surface area contributed by atoms with E-state index in [0.29, 0.717) is 55.8 Å². The Bertz CT molecular complexity index is 929. The summed E-state index contributed by atoms with van der Waals surface area (Å²) in [6.45, 7) is 6.30. The van der Waals surface area contributed by atoms with E-state index in [1.807, 2.05) is 53.4 Å². The van der Waals surface area contributed by atoms with Gasteiger partial charge >= 0.3 is 0 Å². The SMILES string of the molecule is COc1ccc(CC(=O)N2CCC(CC(=O)NCc3ccccc3)C(C(C)C)C2)cc1OC. The molecule has 2 amide bonds. The molecule has 2 unspecified atom stereocenters. The van der Waals surface area contributed by atoms with Gasteiger partial charge in [0.1, 0.15) is 0 Å². The number of benzene rings is 2. The lowest BCUT2D eigenvalue weighted by Gasteiger charge is -2.40. The van der Waals surface area contributed by atoms with Gasteiger partial charge in [0.15, 0.2) is 11.5 Å². The standard InChI is InChI=1S/C27H36N2O4/c1-19(2)23-18-29(27(31)15-21-10-11-24(32-3)25(14-21)33-4)13-12-22(23)16-26(30)28-17-20-8-6-5-7-9-20/h5-11,14,19,22-23H,12-13,15-18H2,1-4H3,(H,28,30). The van der Waals surface area contributed by atoms with E-state index in [0.717, 1.165) is 17.5 Å². The Kier molecular flexibility index (Phi) is 8.75. The number of carbonyl (C=O) groups excluding carboxylic acids is 2. The van der Waals surface area contributed by atoms with Crippen molar-refractivity contribution in [3.05, 3.63) is 59.7 Å². The molecule has 1 heterocycles. The van der Waals surface area contributed by atoms with Crippen molar-refractivity contribution in [3.8, 4) is 11.5 Å². The van der Waals surface area contributed by atoms with Crippen LogP contribution in [0.5, 0.6) is 11.5 Å². The Hall–Kier alpha value is -3.02. The molecule has 2 aromatic carbocycles. The van der Waals surface area contributed by atoms with Crippen LogP contribution < -0.4 is 14.8 Å². The second kappa shape index (κ2) is 11.7. The van der Waals surface area contributed by atoms with Crippen LogP contribution in [0, 0.1) is 17.8 Å². The van der Waals surface area contributed by atoms with Crippen LogP contribution in [-0.4, -0.2) is 44.0 Å². The fourth-order valence-electron chi connectivity index (χ4n) is 4.65. The molecule has 3 rings (SSSR count). The fourth-order valence-corrected chi connectivity index (χ4v) is 4.65. The van der Waals surface area contributed by atoms with Crippen LogP contribution in [0.1, 0.15) is 37.8 Å². The van der Waals surface area contributed by atoms with E-state index < -0.39 is 0 Å². The number of nitrogens with one attached hydrogen (secondary N) is 1. The number of ether oxygens (including phenoxy) is 2. The highest BCUT2D eigenvalue weighted by Crippen LogP contribution is 2.33. The summed E-state index contributed by atoms with van der Waals surface area (Å²) in [5.74, 6) is 2.46. The third-order valence-corrected chi connectivity index (χ3v) is 6.60. The predicted octanol–water partition coefficient (Wildman–Crippen LogP) is 4.07. The lowest BCUT2D eigenvalue weighted by atomic mass is 9.76. The molecule has 0 bridgehead atoms. The van der Waals surface area contributed by atoms with Crippen LogP contribution >= 0.6 is 0 Å². The Morgan fingerprint density at radius 2 is 1.76 bits per heavy atom. The van der Waals surface area contributed by atoms with Crippen molar-refractivity contribution in [1.82, 2.24) is 10.2 Å². The smallest absolute Gasteiger partial charge is 0.227 e. The van der Waals surface area contributed by atoms with Gasteiger partial charge in [-0.05, 0) is 47.4 Å². The normalized spacial score (nSPS) is 18.2. The number of carbonyl (C=O) groups is 2. The van der Waals surface area contributed by atoms with E-state index in [1.54, 1.807) is 14.2 Å². The van der Waals surface area contributed by atoms with E-state index >= 15 is 0 Å². The average Bonchev–Trinajstić information content (AvgIpc) is 2.83. The van der Waals surface area contributed by atoms with Gasteiger partial charge < -0.3 is 19.7 Å². The predicted molar refractivity (Wildman–Crippen MR) is 129 cm³/mol. The molecule has 0 radical (unpaired) electrons. The van der Waals surface area contributed by atoms with Crippen molar-refractivity contribution in [2.24, 2.45) is 17.8 Å². The number of hydrogen-bond donors (Lipinski definition) is 1. The molecular weight excluding hydrogens is 416 g/mol. The van der Waals surface area contributed by atoms with Gasteiger partial charge in [-0.15, -0.1) is 0 Å². The maximum atomic E-state index is 13.1. The van der Waals surface area contributed by atoms with Gasteiger partial charge in [-0.2, -0.15) is 0 Å². The van der Waals surface area contributed by atoms with Crippen molar-refractivity contribution < 1.29 is 19.1 Å². The van der Waals surface area contributed by atoms with E-state index in [4.69, 9.17) is 9.47 Å². The molecule has 0 aliphatic carbocycles. The Labute approximate surface area is 197 Å². The maximum absolute atomic E-state index is 13.1. The van der Waals surface area contributed by atoms with Gasteiger partial charge in [0.2, 0.25) is 11.8 Å². The topological polar surface area (TPSA) is 67.9 Å². The first-order valence-corrected chi connectivity index (χ1v) is 11.7. The zero-order chi connectivity index (χ0) is 23.8. The lowest BCUT2D eigenvalue weighted by molar-refractivity contribution is -0.134. The second-order valence-corrected chi connectivity index (χ2v) is 9.13. The fraction of sp³-hybridized carbons (Fsp3) is 0.481. The summed E-state index contributed by atoms with van der Waals surface area (Å²) in [6.07, 6.45) is 1.68. The van der Waals surface area contributed by atoms with Gasteiger partial charge in [-0.1, -0.05) is 50.2 Å². The summed E-state index contributed by atoms with van der Waals surface area (Å²) in [6, 6.07) is 15.6. The molecule has 1 fully saturated rings. The summed E-state index contributed by atoms with van der Waals surface area (Å²) >= 11 is 0. The molecule has 1 aliphatic heterocycles. The van der Waals surface area contributed by atoms with Crippen LogP contribution in [-0.2, 0) is 22.6 Å². The largest absolute Gasteiger partial charge is 0.493 e. The van der Waals surface area contributed by atoms with Crippen LogP contribution in [0.15, 0.2) is 48.5 Å². The number of amides is 2. The quantitative estimate of drug-likeness (QED) is 0.623. The molecule has 1 N–H and O–H groups in total. The van der Waals surface area contributed by atoms with Crippen LogP contribution in [0.2, 0.25) is 0 Å². The molecule has 0 spiro atoms. The molecular formula is C27H36N2O4. The third kappa shape index (κ3) is 6.73. The lowest BCUT2D eigenvalue weighted by Crippen LogP contribution is -2.47. The molecule has 1 saturated heterocycles. The minimum Gasteiger partial charge on any atom is -0.493 e. The van der Waals surface area contributed by atoms with Crippen molar-refractivity contribution in [2.75, 3.05) is 27.3 Å². The van der Waals surface area contributed by atoms with Gasteiger partial charge in [-0.25, -0.2) is 0 Å². The third-order valence-electron chi connectivity index (χ3n) is 6.60. The van der Waals surface area contributed by atoms with Crippen LogP contribution in [0.25, 0.3) is 0 Å². The summed E-state index contributed by atoms with van der Waals surface area (Å²) in [7, 11) is 3.19. The van der Waals surface area contributed by atoms with Gasteiger partial charge in [0.05, 0.1) is 20.6 Å². The van der Waals surface area contributed by atoms with Gasteiger partial charge in [-0.3, -0.25) is 9.59 Å². The zero-order valence-electron chi connectivity index (χ0n) is 20.2. The minimum atomic E-state index is 0.0830. The number of nitrogens with zero attached hydrogens (tertiary/aromatic N) is 1. The minimum absolute atomic E-state index is 0.0830. The maximum Gasteiger partial charge on any atom is 0.227 e. The highest BCUT2D eigenvalue weighted by molar-refractivity contribution is 5.79. The number of hydrogen-bond acceptors (Lipinski definition) is 4. The average molecular weight is 453 g/mol. The Morgan fingerprint density at radius 3 is 2.42 bits per heavy atom. The molecule has 33 heavy (non-hydrogen) atoms. The van der Waals surface area contributed by atoms with E-state index in [9.17, 15) is 9.59 Å². The van der Waals surface area contributed by atoms with E-state index in [2.05, 4.69) is 19.2 Å². The molecule has 2 aromatic rings. The Balaban J connectivity index is 1.56. The number of piperidine rings is 1. The Morgan fingerprint density at radius 1 is 1.03 bits per heavy atom. The number of rotatable bonds is 9. The van der Waals surface area contributed by atoms with Crippen molar-refractivity contribution in [1.29, 1.82) is 0 Å². The molecule has 2 atom stereocenters. The first kappa shape index (κ1) is 24.6. The first-order valence-electron chi connectivity index (χ1n) is 11.7. The second-order valence-electron chi connectivity index (χ2n) is 9.13. The summed E-state index contributed by atoms with van der Waals surface area (Å²) < 4.78 is 10.6. The molecule has 6 heteroatoms. The van der Waals surface area contributed by atoms with Crippen LogP contribution in [0.4, 0.5) is 0 Å². The summed E-state index contributed by atoms with van der Waals surface area (Å²) in [5, 5.41) is 3.05. The zero-order valence-corrected chi connectivity index (χ0v) is 20.2. The summed E-state index contributed by atoms with van der Waals surface area (Å²) in [4.78, 5) is 27.6. The van der Waals surface area contributed by atoms with Crippen molar-refractivity contribution >= 4 is 11.8 Å². The molecule has 178 valence electrons. The molecule has 0 aromatic heterocycles. The van der Waals surface area contributed by atoms with Crippen molar-refractivity contribution in [3.63, 3.8) is 0 Å². The van der Waals surface area contributed by atoms with Gasteiger partial charge in [0.25, 0.3) is 0 Å². The van der Waals surface area contributed by atoms with Crippen LogP contribution in [0.3, 0.4) is 0 Å². The highest BCUT2D eigenvalue weighted by Gasteiger charge is 2.34. The van der Waals surface area contributed by atoms with Crippen molar-refractivity contribution in [2.45, 2.75) is 39.7 Å². The number of methoxy groups -OCH3 is 2. The van der Waals surface area contributed by atoms with Gasteiger partial charge in [0, 0.05) is 26.1 Å². The number of likely N-dealkylation sites (tertiary alicyclic amines) is 1. The highest BCUT2D eigenvalue weighted by atomic mass is 16.5.